The number of rotatable bonds is 6. The van der Waals surface area contributed by atoms with Gasteiger partial charge < -0.3 is 15.2 Å². The molecule has 3 aromatic rings. The lowest BCUT2D eigenvalue weighted by Crippen LogP contribution is -2.28. The van der Waals surface area contributed by atoms with Crippen molar-refractivity contribution in [2.45, 2.75) is 33.2 Å². The van der Waals surface area contributed by atoms with Gasteiger partial charge in [0.15, 0.2) is 0 Å². The van der Waals surface area contributed by atoms with Gasteiger partial charge in [-0.3, -0.25) is 9.59 Å². The van der Waals surface area contributed by atoms with E-state index in [1.807, 2.05) is 37.3 Å². The minimum atomic E-state index is -0.246. The lowest BCUT2D eigenvalue weighted by Gasteiger charge is -2.16. The number of aromatic nitrogens is 1. The van der Waals surface area contributed by atoms with Gasteiger partial charge in [-0.25, -0.2) is 0 Å². The zero-order valence-electron chi connectivity index (χ0n) is 16.2. The van der Waals surface area contributed by atoms with Crippen LogP contribution in [0.2, 0.25) is 0 Å². The summed E-state index contributed by atoms with van der Waals surface area (Å²) in [5.74, 6) is 0.144. The third kappa shape index (κ3) is 4.46. The van der Waals surface area contributed by atoms with Crippen LogP contribution in [0.3, 0.4) is 0 Å². The van der Waals surface area contributed by atoms with E-state index in [4.69, 9.17) is 4.52 Å². The minimum Gasteiger partial charge on any atom is -0.361 e. The molecule has 3 rings (SSSR count). The summed E-state index contributed by atoms with van der Waals surface area (Å²) in [6.45, 7) is 5.49. The maximum Gasteiger partial charge on any atom is 0.253 e. The first-order chi connectivity index (χ1) is 13.5. The molecule has 0 aliphatic heterocycles. The molecule has 1 heterocycles. The van der Waals surface area contributed by atoms with Gasteiger partial charge in [-0.1, -0.05) is 47.6 Å². The van der Waals surface area contributed by atoms with Crippen LogP contribution < -0.4 is 10.6 Å². The Labute approximate surface area is 163 Å². The third-order valence-corrected chi connectivity index (χ3v) is 4.61. The summed E-state index contributed by atoms with van der Waals surface area (Å²) in [5.41, 5.74) is 3.35. The van der Waals surface area contributed by atoms with Gasteiger partial charge in [0.05, 0.1) is 29.4 Å². The Morgan fingerprint density at radius 3 is 2.39 bits per heavy atom. The summed E-state index contributed by atoms with van der Waals surface area (Å²) >= 11 is 0. The summed E-state index contributed by atoms with van der Waals surface area (Å²) in [6.07, 6.45) is 0.136. The topological polar surface area (TPSA) is 84.2 Å². The zero-order valence-corrected chi connectivity index (χ0v) is 16.2. The van der Waals surface area contributed by atoms with Gasteiger partial charge in [0.1, 0.15) is 5.76 Å². The molecule has 6 nitrogen and oxygen atoms in total. The van der Waals surface area contributed by atoms with Crippen LogP contribution in [-0.2, 0) is 11.2 Å². The third-order valence-electron chi connectivity index (χ3n) is 4.61. The van der Waals surface area contributed by atoms with Crippen LogP contribution in [0.5, 0.6) is 0 Å². The minimum absolute atomic E-state index is 0.136. The second-order valence-electron chi connectivity index (χ2n) is 6.68. The van der Waals surface area contributed by atoms with Crippen LogP contribution in [-0.4, -0.2) is 17.0 Å². The van der Waals surface area contributed by atoms with Crippen molar-refractivity contribution >= 4 is 17.5 Å². The van der Waals surface area contributed by atoms with E-state index in [0.29, 0.717) is 22.7 Å². The Balaban J connectivity index is 1.72. The van der Waals surface area contributed by atoms with Crippen LogP contribution >= 0.6 is 0 Å². The van der Waals surface area contributed by atoms with E-state index >= 15 is 0 Å². The number of nitrogens with zero attached hydrogens (tertiary/aromatic N) is 1. The molecule has 0 aliphatic carbocycles. The maximum absolute atomic E-state index is 12.8. The quantitative estimate of drug-likeness (QED) is 0.681. The average Bonchev–Trinajstić information content (AvgIpc) is 3.01. The van der Waals surface area contributed by atoms with Crippen molar-refractivity contribution in [3.63, 3.8) is 0 Å². The predicted octanol–water partition coefficient (Wildman–Crippen LogP) is 3.96. The number of hydrogen-bond donors (Lipinski definition) is 2. The van der Waals surface area contributed by atoms with Crippen molar-refractivity contribution in [1.82, 2.24) is 10.5 Å². The molecule has 0 spiro atoms. The molecule has 0 fully saturated rings. The van der Waals surface area contributed by atoms with Crippen molar-refractivity contribution in [1.29, 1.82) is 0 Å². The number of para-hydroxylation sites is 1. The molecule has 0 radical (unpaired) electrons. The highest BCUT2D eigenvalue weighted by Gasteiger charge is 2.18. The highest BCUT2D eigenvalue weighted by molar-refractivity contribution is 6.04. The van der Waals surface area contributed by atoms with Gasteiger partial charge in [0.2, 0.25) is 5.91 Å². The first kappa shape index (κ1) is 19.4. The van der Waals surface area contributed by atoms with Crippen molar-refractivity contribution in [3.8, 4) is 0 Å². The summed E-state index contributed by atoms with van der Waals surface area (Å²) in [7, 11) is 0. The Morgan fingerprint density at radius 1 is 1.04 bits per heavy atom. The second-order valence-corrected chi connectivity index (χ2v) is 6.68. The van der Waals surface area contributed by atoms with E-state index in [9.17, 15) is 9.59 Å². The molecule has 2 aromatic carbocycles. The smallest absolute Gasteiger partial charge is 0.253 e. The zero-order chi connectivity index (χ0) is 20.1. The van der Waals surface area contributed by atoms with Crippen LogP contribution in [0.4, 0.5) is 5.69 Å². The average molecular weight is 377 g/mol. The molecular weight excluding hydrogens is 354 g/mol. The molecule has 1 atom stereocenters. The lowest BCUT2D eigenvalue weighted by atomic mass is 10.1. The van der Waals surface area contributed by atoms with Gasteiger partial charge in [-0.05, 0) is 38.5 Å². The molecule has 1 aromatic heterocycles. The van der Waals surface area contributed by atoms with Crippen LogP contribution in [0, 0.1) is 13.8 Å². The molecule has 6 heteroatoms. The summed E-state index contributed by atoms with van der Waals surface area (Å²) in [6, 6.07) is 16.5. The highest BCUT2D eigenvalue weighted by atomic mass is 16.5. The number of carbonyl (C=O) groups is 2. The number of hydrogen-bond acceptors (Lipinski definition) is 4. The standard InChI is InChI=1S/C22H23N3O3/c1-14(17-9-5-4-6-10-17)23-22(27)18-11-7-8-12-20(18)24-21(26)13-19-15(2)25-28-16(19)3/h4-12,14H,13H2,1-3H3,(H,23,27)(H,24,26). The van der Waals surface area contributed by atoms with Crippen molar-refractivity contribution in [2.24, 2.45) is 0 Å². The second kappa shape index (κ2) is 8.52. The largest absolute Gasteiger partial charge is 0.361 e. The summed E-state index contributed by atoms with van der Waals surface area (Å²) < 4.78 is 5.10. The molecule has 2 amide bonds. The van der Waals surface area contributed by atoms with E-state index in [1.54, 1.807) is 38.1 Å². The van der Waals surface area contributed by atoms with E-state index in [0.717, 1.165) is 11.1 Å². The Bertz CT molecular complexity index is 960. The fourth-order valence-corrected chi connectivity index (χ4v) is 3.00. The van der Waals surface area contributed by atoms with Gasteiger partial charge in [-0.15, -0.1) is 0 Å². The Hall–Kier alpha value is -3.41. The van der Waals surface area contributed by atoms with Crippen molar-refractivity contribution in [2.75, 3.05) is 5.32 Å². The molecule has 0 bridgehead atoms. The van der Waals surface area contributed by atoms with Gasteiger partial charge in [-0.2, -0.15) is 0 Å². The van der Waals surface area contributed by atoms with Gasteiger partial charge >= 0.3 is 0 Å². The number of amides is 2. The van der Waals surface area contributed by atoms with E-state index in [-0.39, 0.29) is 24.3 Å². The van der Waals surface area contributed by atoms with E-state index in [2.05, 4.69) is 15.8 Å². The number of carbonyl (C=O) groups excluding carboxylic acids is 2. The van der Waals surface area contributed by atoms with Crippen LogP contribution in [0.1, 0.15) is 45.9 Å². The fraction of sp³-hybridized carbons (Fsp3) is 0.227. The first-order valence-electron chi connectivity index (χ1n) is 9.12. The van der Waals surface area contributed by atoms with E-state index in [1.165, 1.54) is 0 Å². The number of nitrogens with one attached hydrogen (secondary N) is 2. The first-order valence-corrected chi connectivity index (χ1v) is 9.12. The number of benzene rings is 2. The molecule has 28 heavy (non-hydrogen) atoms. The van der Waals surface area contributed by atoms with Gasteiger partial charge in [0.25, 0.3) is 5.91 Å². The molecule has 0 aliphatic rings. The predicted molar refractivity (Wildman–Crippen MR) is 107 cm³/mol. The summed E-state index contributed by atoms with van der Waals surface area (Å²) in [5, 5.41) is 9.67. The molecule has 1 unspecified atom stereocenters. The Morgan fingerprint density at radius 2 is 1.71 bits per heavy atom. The maximum atomic E-state index is 12.8. The Kier molecular flexibility index (Phi) is 5.89. The normalized spacial score (nSPS) is 11.7. The molecular formula is C22H23N3O3. The van der Waals surface area contributed by atoms with Crippen LogP contribution in [0.25, 0.3) is 0 Å². The van der Waals surface area contributed by atoms with Crippen molar-refractivity contribution in [3.05, 3.63) is 82.7 Å². The van der Waals surface area contributed by atoms with Gasteiger partial charge in [0, 0.05) is 5.56 Å². The number of anilines is 1. The molecule has 0 saturated carbocycles. The molecule has 144 valence electrons. The highest BCUT2D eigenvalue weighted by Crippen LogP contribution is 2.19. The van der Waals surface area contributed by atoms with Crippen LogP contribution in [0.15, 0.2) is 59.1 Å². The molecule has 2 N–H and O–H groups in total. The summed E-state index contributed by atoms with van der Waals surface area (Å²) in [4.78, 5) is 25.3. The van der Waals surface area contributed by atoms with Crippen molar-refractivity contribution < 1.29 is 14.1 Å². The monoisotopic (exact) mass is 377 g/mol. The number of aryl methyl sites for hydroxylation is 2. The van der Waals surface area contributed by atoms with E-state index < -0.39 is 0 Å². The lowest BCUT2D eigenvalue weighted by molar-refractivity contribution is -0.115. The fourth-order valence-electron chi connectivity index (χ4n) is 3.00. The SMILES string of the molecule is Cc1noc(C)c1CC(=O)Nc1ccccc1C(=O)NC(C)c1ccccc1. The molecule has 0 saturated heterocycles.